The van der Waals surface area contributed by atoms with Crippen molar-refractivity contribution in [2.24, 2.45) is 0 Å². The molecule has 2 aliphatic heterocycles. The maximum absolute atomic E-state index is 11.3. The number of hydrogen-bond acceptors (Lipinski definition) is 3. The van der Waals surface area contributed by atoms with E-state index >= 15 is 0 Å². The predicted molar refractivity (Wildman–Crippen MR) is 79.4 cm³/mol. The second kappa shape index (κ2) is 5.13. The number of piperidine rings is 1. The van der Waals surface area contributed by atoms with E-state index in [1.165, 1.54) is 12.6 Å². The van der Waals surface area contributed by atoms with Crippen molar-refractivity contribution >= 4 is 23.6 Å². The molecular weight excluding hydrogens is 274 g/mol. The van der Waals surface area contributed by atoms with Crippen molar-refractivity contribution in [2.75, 3.05) is 13.1 Å². The summed E-state index contributed by atoms with van der Waals surface area (Å²) in [6, 6.07) is 7.81. The summed E-state index contributed by atoms with van der Waals surface area (Å²) in [5, 5.41) is 0.744. The van der Waals surface area contributed by atoms with Gasteiger partial charge in [-0.05, 0) is 36.6 Å². The van der Waals surface area contributed by atoms with Crippen LogP contribution in [0.2, 0.25) is 5.02 Å². The van der Waals surface area contributed by atoms with Crippen molar-refractivity contribution in [1.82, 2.24) is 4.90 Å². The van der Waals surface area contributed by atoms with Gasteiger partial charge in [0.25, 0.3) is 0 Å². The molecule has 1 aromatic carbocycles. The molecule has 1 aromatic rings. The van der Waals surface area contributed by atoms with Gasteiger partial charge in [0.15, 0.2) is 0 Å². The van der Waals surface area contributed by atoms with Crippen molar-refractivity contribution < 1.29 is 9.53 Å². The fourth-order valence-electron chi connectivity index (χ4n) is 3.25. The first-order valence-electron chi connectivity index (χ1n) is 6.97. The van der Waals surface area contributed by atoms with E-state index in [1.807, 2.05) is 24.3 Å². The van der Waals surface area contributed by atoms with Crippen molar-refractivity contribution in [3.05, 3.63) is 40.5 Å². The first-order chi connectivity index (χ1) is 9.56. The maximum atomic E-state index is 11.3. The van der Waals surface area contributed by atoms with Gasteiger partial charge in [-0.25, -0.2) is 0 Å². The van der Waals surface area contributed by atoms with E-state index in [1.54, 1.807) is 0 Å². The monoisotopic (exact) mass is 291 g/mol. The van der Waals surface area contributed by atoms with Gasteiger partial charge in [-0.1, -0.05) is 23.7 Å². The van der Waals surface area contributed by atoms with Crippen LogP contribution in [0.1, 0.15) is 31.7 Å². The summed E-state index contributed by atoms with van der Waals surface area (Å²) < 4.78 is 5.61. The summed E-state index contributed by atoms with van der Waals surface area (Å²) in [4.78, 5) is 13.7. The summed E-state index contributed by atoms with van der Waals surface area (Å²) >= 11 is 5.91. The van der Waals surface area contributed by atoms with Gasteiger partial charge in [0.1, 0.15) is 5.60 Å². The lowest BCUT2D eigenvalue weighted by atomic mass is 9.94. The van der Waals surface area contributed by atoms with Crippen LogP contribution in [0.15, 0.2) is 30.0 Å². The van der Waals surface area contributed by atoms with E-state index < -0.39 is 0 Å². The van der Waals surface area contributed by atoms with E-state index in [-0.39, 0.29) is 11.6 Å². The van der Waals surface area contributed by atoms with Gasteiger partial charge in [0.2, 0.25) is 0 Å². The number of nitrogens with zero attached hydrogens (tertiary/aromatic N) is 1. The van der Waals surface area contributed by atoms with E-state index in [0.29, 0.717) is 0 Å². The van der Waals surface area contributed by atoms with Crippen molar-refractivity contribution in [3.8, 4) is 0 Å². The fourth-order valence-corrected chi connectivity index (χ4v) is 3.37. The average molecular weight is 292 g/mol. The molecule has 0 N–H and O–H groups in total. The Morgan fingerprint density at radius 2 is 2.15 bits per heavy atom. The van der Waals surface area contributed by atoms with E-state index in [9.17, 15) is 4.79 Å². The summed E-state index contributed by atoms with van der Waals surface area (Å²) in [6.07, 6.45) is 5.02. The Bertz CT molecular complexity index is 552. The van der Waals surface area contributed by atoms with Gasteiger partial charge in [-0.2, -0.15) is 0 Å². The van der Waals surface area contributed by atoms with E-state index in [4.69, 9.17) is 16.3 Å². The van der Waals surface area contributed by atoms with Crippen molar-refractivity contribution in [3.63, 3.8) is 0 Å². The van der Waals surface area contributed by atoms with Crippen LogP contribution in [-0.4, -0.2) is 29.6 Å². The molecule has 0 aliphatic carbocycles. The Kier molecular flexibility index (Phi) is 3.47. The number of hydrogen-bond donors (Lipinski definition) is 0. The summed E-state index contributed by atoms with van der Waals surface area (Å²) in [7, 11) is 0. The third kappa shape index (κ3) is 2.68. The van der Waals surface area contributed by atoms with Crippen LogP contribution < -0.4 is 0 Å². The van der Waals surface area contributed by atoms with Crippen LogP contribution in [0.4, 0.5) is 0 Å². The van der Waals surface area contributed by atoms with Gasteiger partial charge in [0.05, 0.1) is 6.54 Å². The molecule has 3 rings (SSSR count). The molecule has 2 aliphatic rings. The largest absolute Gasteiger partial charge is 0.457 e. The van der Waals surface area contributed by atoms with Gasteiger partial charge in [-0.3, -0.25) is 4.79 Å². The van der Waals surface area contributed by atoms with Gasteiger partial charge in [-0.15, -0.1) is 0 Å². The van der Waals surface area contributed by atoms with Crippen LogP contribution in [0.25, 0.3) is 6.08 Å². The lowest BCUT2D eigenvalue weighted by Crippen LogP contribution is -2.42. The molecule has 2 fully saturated rings. The zero-order valence-electron chi connectivity index (χ0n) is 11.6. The number of esters is 1. The lowest BCUT2D eigenvalue weighted by molar-refractivity contribution is -0.157. The summed E-state index contributed by atoms with van der Waals surface area (Å²) in [5.41, 5.74) is 2.09. The molecule has 20 heavy (non-hydrogen) atoms. The minimum Gasteiger partial charge on any atom is -0.457 e. The van der Waals surface area contributed by atoms with Crippen LogP contribution in [0, 0.1) is 0 Å². The number of ether oxygens (including phenoxy) is 1. The molecular formula is C16H18ClNO2. The average Bonchev–Trinajstić information content (AvgIpc) is 2.62. The zero-order valence-corrected chi connectivity index (χ0v) is 12.3. The number of fused-ring (bicyclic) bond motifs is 2. The van der Waals surface area contributed by atoms with Gasteiger partial charge < -0.3 is 9.64 Å². The minimum absolute atomic E-state index is 0.181. The zero-order chi connectivity index (χ0) is 14.2. The Hall–Kier alpha value is -1.48. The number of rotatable bonds is 2. The topological polar surface area (TPSA) is 29.5 Å². The predicted octanol–water partition coefficient (Wildman–Crippen LogP) is 3.48. The smallest absolute Gasteiger partial charge is 0.303 e. The second-order valence-corrected chi connectivity index (χ2v) is 6.10. The van der Waals surface area contributed by atoms with Gasteiger partial charge >= 0.3 is 5.97 Å². The molecule has 0 amide bonds. The third-order valence-corrected chi connectivity index (χ3v) is 4.26. The number of benzene rings is 1. The maximum Gasteiger partial charge on any atom is 0.303 e. The summed E-state index contributed by atoms with van der Waals surface area (Å²) in [5.74, 6) is -0.181. The molecule has 2 heterocycles. The first kappa shape index (κ1) is 13.5. The molecule has 0 aromatic heterocycles. The van der Waals surface area contributed by atoms with Crippen LogP contribution >= 0.6 is 11.6 Å². The molecule has 0 spiro atoms. The third-order valence-electron chi connectivity index (χ3n) is 4.01. The molecule has 3 nitrogen and oxygen atoms in total. The number of carbonyl (C=O) groups is 1. The molecule has 2 saturated heterocycles. The van der Waals surface area contributed by atoms with Gasteiger partial charge in [0, 0.05) is 30.6 Å². The van der Waals surface area contributed by atoms with Crippen LogP contribution in [0.5, 0.6) is 0 Å². The second-order valence-electron chi connectivity index (χ2n) is 5.67. The van der Waals surface area contributed by atoms with Crippen molar-refractivity contribution in [2.45, 2.75) is 31.8 Å². The van der Waals surface area contributed by atoms with Crippen LogP contribution in [0.3, 0.4) is 0 Å². The Labute approximate surface area is 124 Å². The Morgan fingerprint density at radius 3 is 2.85 bits per heavy atom. The SMILES string of the molecule is CC(=O)OC12CCCN(C1)/C(=C/c1ccc(Cl)cc1)C2. The number of halogens is 1. The van der Waals surface area contributed by atoms with Crippen LogP contribution in [-0.2, 0) is 9.53 Å². The van der Waals surface area contributed by atoms with E-state index in [0.717, 1.165) is 42.9 Å². The first-order valence-corrected chi connectivity index (χ1v) is 7.35. The quantitative estimate of drug-likeness (QED) is 0.781. The van der Waals surface area contributed by atoms with E-state index in [2.05, 4.69) is 11.0 Å². The molecule has 1 atom stereocenters. The molecule has 2 bridgehead atoms. The molecule has 0 radical (unpaired) electrons. The molecule has 1 unspecified atom stereocenters. The molecule has 106 valence electrons. The Balaban J connectivity index is 1.84. The fraction of sp³-hybridized carbons (Fsp3) is 0.438. The standard InChI is InChI=1S/C16H18ClNO2/c1-12(19)20-16-7-2-8-18(11-16)15(10-16)9-13-3-5-14(17)6-4-13/h3-6,9H,2,7-8,10-11H2,1H3/b15-9+. The highest BCUT2D eigenvalue weighted by Gasteiger charge is 2.45. The molecule has 4 heteroatoms. The highest BCUT2D eigenvalue weighted by molar-refractivity contribution is 6.30. The highest BCUT2D eigenvalue weighted by Crippen LogP contribution is 2.41. The Morgan fingerprint density at radius 1 is 1.40 bits per heavy atom. The normalized spacial score (nSPS) is 26.9. The molecule has 0 saturated carbocycles. The lowest BCUT2D eigenvalue weighted by Gasteiger charge is -2.33. The van der Waals surface area contributed by atoms with Crippen molar-refractivity contribution in [1.29, 1.82) is 0 Å². The number of carbonyl (C=O) groups excluding carboxylic acids is 1. The highest BCUT2D eigenvalue weighted by atomic mass is 35.5. The summed E-state index contributed by atoms with van der Waals surface area (Å²) in [6.45, 7) is 3.36. The minimum atomic E-state index is -0.303.